The first-order valence-corrected chi connectivity index (χ1v) is 7.47. The maximum absolute atomic E-state index is 12.5. The van der Waals surface area contributed by atoms with Gasteiger partial charge in [0, 0.05) is 18.0 Å². The monoisotopic (exact) mass is 335 g/mol. The molecule has 0 amide bonds. The zero-order valence-corrected chi connectivity index (χ0v) is 14.1. The lowest BCUT2D eigenvalue weighted by molar-refractivity contribution is 0.00682. The van der Waals surface area contributed by atoms with Gasteiger partial charge in [0.2, 0.25) is 0 Å². The van der Waals surface area contributed by atoms with E-state index in [0.29, 0.717) is 29.9 Å². The number of benzene rings is 1. The van der Waals surface area contributed by atoms with Crippen molar-refractivity contribution in [3.63, 3.8) is 0 Å². The number of aromatic amines is 1. The molecule has 1 aromatic carbocycles. The minimum Gasteiger partial charge on any atom is -0.491 e. The number of rotatable bonds is 6. The lowest BCUT2D eigenvalue weighted by atomic mass is 10.1. The van der Waals surface area contributed by atoms with Gasteiger partial charge in [0.25, 0.3) is 0 Å². The number of aromatic carboxylic acids is 1. The van der Waals surface area contributed by atoms with Gasteiger partial charge < -0.3 is 24.3 Å². The highest BCUT2D eigenvalue weighted by molar-refractivity contribution is 6.12. The molecule has 0 bridgehead atoms. The SMILES string of the molecule is COCCOc1ccc2[nH]c(C(=O)O)c(C(=O)OC(C)(C)C)c2c1. The summed E-state index contributed by atoms with van der Waals surface area (Å²) >= 11 is 0. The molecule has 0 aliphatic carbocycles. The van der Waals surface area contributed by atoms with E-state index in [9.17, 15) is 14.7 Å². The van der Waals surface area contributed by atoms with E-state index in [-0.39, 0.29) is 11.3 Å². The van der Waals surface area contributed by atoms with Gasteiger partial charge >= 0.3 is 11.9 Å². The van der Waals surface area contributed by atoms with Gasteiger partial charge in [-0.15, -0.1) is 0 Å². The third-order valence-electron chi connectivity index (χ3n) is 3.14. The fraction of sp³-hybridized carbons (Fsp3) is 0.412. The molecule has 1 heterocycles. The number of carboxylic acid groups (broad SMARTS) is 1. The van der Waals surface area contributed by atoms with Crippen LogP contribution < -0.4 is 4.74 Å². The summed E-state index contributed by atoms with van der Waals surface area (Å²) in [7, 11) is 1.57. The average Bonchev–Trinajstić information content (AvgIpc) is 2.84. The van der Waals surface area contributed by atoms with Crippen molar-refractivity contribution >= 4 is 22.8 Å². The standard InChI is InChI=1S/C17H21NO6/c1-17(2,3)24-16(21)13-11-9-10(23-8-7-22-4)5-6-12(11)18-14(13)15(19)20/h5-6,9,18H,7-8H2,1-4H3,(H,19,20). The fourth-order valence-corrected chi connectivity index (χ4v) is 2.21. The summed E-state index contributed by atoms with van der Waals surface area (Å²) in [5, 5.41) is 9.81. The number of hydrogen-bond acceptors (Lipinski definition) is 5. The lowest BCUT2D eigenvalue weighted by Gasteiger charge is -2.19. The van der Waals surface area contributed by atoms with Gasteiger partial charge in [0.1, 0.15) is 29.2 Å². The number of esters is 1. The number of carbonyl (C=O) groups excluding carboxylic acids is 1. The van der Waals surface area contributed by atoms with Crippen LogP contribution in [-0.2, 0) is 9.47 Å². The maximum Gasteiger partial charge on any atom is 0.353 e. The molecule has 7 heteroatoms. The van der Waals surface area contributed by atoms with E-state index in [0.717, 1.165) is 0 Å². The number of fused-ring (bicyclic) bond motifs is 1. The molecular formula is C17H21NO6. The number of H-pyrrole nitrogens is 1. The third-order valence-corrected chi connectivity index (χ3v) is 3.14. The topological polar surface area (TPSA) is 97.9 Å². The van der Waals surface area contributed by atoms with Crippen LogP contribution >= 0.6 is 0 Å². The van der Waals surface area contributed by atoms with Crippen molar-refractivity contribution in [1.82, 2.24) is 4.98 Å². The largest absolute Gasteiger partial charge is 0.491 e. The van der Waals surface area contributed by atoms with E-state index in [1.807, 2.05) is 0 Å². The van der Waals surface area contributed by atoms with E-state index < -0.39 is 17.5 Å². The molecule has 2 aromatic rings. The Bertz CT molecular complexity index is 756. The van der Waals surface area contributed by atoms with E-state index in [2.05, 4.69) is 4.98 Å². The van der Waals surface area contributed by atoms with E-state index in [1.54, 1.807) is 46.1 Å². The molecule has 0 fully saturated rings. The third kappa shape index (κ3) is 4.05. The molecule has 130 valence electrons. The Morgan fingerprint density at radius 2 is 1.92 bits per heavy atom. The highest BCUT2D eigenvalue weighted by atomic mass is 16.6. The molecule has 0 saturated carbocycles. The molecule has 2 rings (SSSR count). The number of carboxylic acids is 1. The summed E-state index contributed by atoms with van der Waals surface area (Å²) in [5.74, 6) is -1.41. The average molecular weight is 335 g/mol. The van der Waals surface area contributed by atoms with Crippen molar-refractivity contribution in [3.8, 4) is 5.75 Å². The lowest BCUT2D eigenvalue weighted by Crippen LogP contribution is -2.24. The molecule has 24 heavy (non-hydrogen) atoms. The summed E-state index contributed by atoms with van der Waals surface area (Å²) in [6, 6.07) is 4.98. The van der Waals surface area contributed by atoms with Crippen LogP contribution in [0, 0.1) is 0 Å². The Hall–Kier alpha value is -2.54. The molecule has 2 N–H and O–H groups in total. The normalized spacial score (nSPS) is 11.5. The quantitative estimate of drug-likeness (QED) is 0.622. The molecule has 0 radical (unpaired) electrons. The number of carbonyl (C=O) groups is 2. The summed E-state index contributed by atoms with van der Waals surface area (Å²) in [6.07, 6.45) is 0. The maximum atomic E-state index is 12.5. The van der Waals surface area contributed by atoms with Crippen LogP contribution in [0.2, 0.25) is 0 Å². The zero-order valence-electron chi connectivity index (χ0n) is 14.1. The number of aromatic nitrogens is 1. The van der Waals surface area contributed by atoms with E-state index in [4.69, 9.17) is 14.2 Å². The minimum absolute atomic E-state index is 0.00961. The van der Waals surface area contributed by atoms with Crippen LogP contribution in [-0.4, -0.2) is 48.0 Å². The Labute approximate surface area is 139 Å². The molecule has 1 aromatic heterocycles. The summed E-state index contributed by atoms with van der Waals surface area (Å²) in [6.45, 7) is 5.93. The molecule has 0 unspecified atom stereocenters. The Morgan fingerprint density at radius 3 is 2.50 bits per heavy atom. The Balaban J connectivity index is 2.48. The van der Waals surface area contributed by atoms with Crippen LogP contribution in [0.25, 0.3) is 10.9 Å². The first-order chi connectivity index (χ1) is 11.2. The first-order valence-electron chi connectivity index (χ1n) is 7.47. The molecular weight excluding hydrogens is 314 g/mol. The van der Waals surface area contributed by atoms with Gasteiger partial charge in [-0.25, -0.2) is 9.59 Å². The van der Waals surface area contributed by atoms with Crippen LogP contribution in [0.1, 0.15) is 41.6 Å². The van der Waals surface area contributed by atoms with Gasteiger partial charge in [0.15, 0.2) is 0 Å². The predicted octanol–water partition coefficient (Wildman–Crippen LogP) is 2.85. The van der Waals surface area contributed by atoms with Crippen LogP contribution in [0.15, 0.2) is 18.2 Å². The molecule has 0 spiro atoms. The number of methoxy groups -OCH3 is 1. The minimum atomic E-state index is -1.23. The summed E-state index contributed by atoms with van der Waals surface area (Å²) in [5.41, 5.74) is -0.423. The van der Waals surface area contributed by atoms with Gasteiger partial charge in [-0.2, -0.15) is 0 Å². The molecule has 0 saturated heterocycles. The van der Waals surface area contributed by atoms with Crippen molar-refractivity contribution in [2.45, 2.75) is 26.4 Å². The highest BCUT2D eigenvalue weighted by Crippen LogP contribution is 2.28. The summed E-state index contributed by atoms with van der Waals surface area (Å²) in [4.78, 5) is 26.7. The van der Waals surface area contributed by atoms with Crippen LogP contribution in [0.5, 0.6) is 5.75 Å². The highest BCUT2D eigenvalue weighted by Gasteiger charge is 2.27. The fourth-order valence-electron chi connectivity index (χ4n) is 2.21. The second-order valence-corrected chi connectivity index (χ2v) is 6.23. The molecule has 0 atom stereocenters. The number of hydrogen-bond donors (Lipinski definition) is 2. The van der Waals surface area contributed by atoms with Gasteiger partial charge in [-0.05, 0) is 39.0 Å². The van der Waals surface area contributed by atoms with Crippen LogP contribution in [0.4, 0.5) is 0 Å². The van der Waals surface area contributed by atoms with Crippen molar-refractivity contribution in [1.29, 1.82) is 0 Å². The van der Waals surface area contributed by atoms with Gasteiger partial charge in [-0.3, -0.25) is 0 Å². The van der Waals surface area contributed by atoms with Crippen molar-refractivity contribution in [3.05, 3.63) is 29.5 Å². The van der Waals surface area contributed by atoms with Crippen molar-refractivity contribution in [2.75, 3.05) is 20.3 Å². The molecule has 7 nitrogen and oxygen atoms in total. The second kappa shape index (κ2) is 6.92. The molecule has 0 aliphatic rings. The van der Waals surface area contributed by atoms with Gasteiger partial charge in [-0.1, -0.05) is 0 Å². The number of nitrogens with one attached hydrogen (secondary N) is 1. The van der Waals surface area contributed by atoms with Crippen molar-refractivity contribution in [2.24, 2.45) is 0 Å². The van der Waals surface area contributed by atoms with Gasteiger partial charge in [0.05, 0.1) is 6.61 Å². The summed E-state index contributed by atoms with van der Waals surface area (Å²) < 4.78 is 15.8. The van der Waals surface area contributed by atoms with Crippen LogP contribution in [0.3, 0.4) is 0 Å². The van der Waals surface area contributed by atoms with E-state index in [1.165, 1.54) is 0 Å². The van der Waals surface area contributed by atoms with Crippen molar-refractivity contribution < 1.29 is 28.9 Å². The first kappa shape index (κ1) is 17.8. The predicted molar refractivity (Wildman–Crippen MR) is 87.8 cm³/mol. The Kier molecular flexibility index (Phi) is 5.14. The number of ether oxygens (including phenoxy) is 3. The smallest absolute Gasteiger partial charge is 0.353 e. The van der Waals surface area contributed by atoms with E-state index >= 15 is 0 Å². The Morgan fingerprint density at radius 1 is 1.21 bits per heavy atom. The second-order valence-electron chi connectivity index (χ2n) is 6.23. The molecule has 0 aliphatic heterocycles. The zero-order chi connectivity index (χ0) is 17.9.